The summed E-state index contributed by atoms with van der Waals surface area (Å²) in [6.07, 6.45) is 4.08. The first-order chi connectivity index (χ1) is 7.21. The summed E-state index contributed by atoms with van der Waals surface area (Å²) in [5, 5.41) is 10.6. The number of nitrogens with zero attached hydrogens (tertiary/aromatic N) is 2. The van der Waals surface area contributed by atoms with Gasteiger partial charge in [-0.2, -0.15) is 0 Å². The Hall–Kier alpha value is -1.71. The molecule has 4 heteroatoms. The first kappa shape index (κ1) is 8.59. The van der Waals surface area contributed by atoms with Gasteiger partial charge in [0.25, 0.3) is 5.69 Å². The van der Waals surface area contributed by atoms with Gasteiger partial charge < -0.3 is 0 Å². The van der Waals surface area contributed by atoms with Gasteiger partial charge >= 0.3 is 0 Å². The number of aliphatic imine (C=N–C) groups is 1. The summed E-state index contributed by atoms with van der Waals surface area (Å²) in [6.45, 7) is 0.845. The molecule has 0 saturated heterocycles. The molecule has 0 bridgehead atoms. The number of benzene rings is 1. The highest BCUT2D eigenvalue weighted by atomic mass is 16.6. The largest absolute Gasteiger partial charge is 0.292 e. The Morgan fingerprint density at radius 1 is 1.40 bits per heavy atom. The molecular weight excluding hydrogens is 192 g/mol. The lowest BCUT2D eigenvalue weighted by Crippen LogP contribution is -2.18. The van der Waals surface area contributed by atoms with Crippen molar-refractivity contribution < 1.29 is 4.92 Å². The van der Waals surface area contributed by atoms with Crippen LogP contribution in [0.15, 0.2) is 23.2 Å². The van der Waals surface area contributed by atoms with Crippen LogP contribution in [0.2, 0.25) is 0 Å². The minimum absolute atomic E-state index is 0.151. The smallest absolute Gasteiger partial charge is 0.270 e. The molecule has 1 fully saturated rings. The van der Waals surface area contributed by atoms with E-state index in [0.29, 0.717) is 0 Å². The van der Waals surface area contributed by atoms with Gasteiger partial charge in [-0.3, -0.25) is 15.1 Å². The van der Waals surface area contributed by atoms with E-state index in [0.717, 1.165) is 24.9 Å². The first-order valence-corrected chi connectivity index (χ1v) is 5.00. The molecule has 0 unspecified atom stereocenters. The summed E-state index contributed by atoms with van der Waals surface area (Å²) < 4.78 is 0. The van der Waals surface area contributed by atoms with Crippen LogP contribution in [-0.4, -0.2) is 17.7 Å². The van der Waals surface area contributed by atoms with Crippen LogP contribution < -0.4 is 0 Å². The van der Waals surface area contributed by atoms with Gasteiger partial charge in [0.2, 0.25) is 0 Å². The maximum Gasteiger partial charge on any atom is 0.270 e. The zero-order valence-corrected chi connectivity index (χ0v) is 8.14. The van der Waals surface area contributed by atoms with Gasteiger partial charge in [0, 0.05) is 35.9 Å². The third kappa shape index (κ3) is 1.17. The van der Waals surface area contributed by atoms with Crippen molar-refractivity contribution in [2.75, 3.05) is 6.54 Å². The number of rotatable bonds is 1. The highest BCUT2D eigenvalue weighted by Crippen LogP contribution is 2.51. The molecule has 15 heavy (non-hydrogen) atoms. The van der Waals surface area contributed by atoms with Crippen molar-refractivity contribution in [1.29, 1.82) is 0 Å². The van der Waals surface area contributed by atoms with E-state index in [1.807, 2.05) is 6.07 Å². The highest BCUT2D eigenvalue weighted by molar-refractivity contribution is 5.85. The summed E-state index contributed by atoms with van der Waals surface area (Å²) in [6, 6.07) is 5.11. The van der Waals surface area contributed by atoms with Gasteiger partial charge in [-0.25, -0.2) is 0 Å². The van der Waals surface area contributed by atoms with E-state index in [9.17, 15) is 10.1 Å². The topological polar surface area (TPSA) is 55.5 Å². The Balaban J connectivity index is 2.14. The second-order valence-electron chi connectivity index (χ2n) is 4.28. The third-order valence-electron chi connectivity index (χ3n) is 3.30. The van der Waals surface area contributed by atoms with E-state index >= 15 is 0 Å². The highest BCUT2D eigenvalue weighted by Gasteiger charge is 2.46. The van der Waals surface area contributed by atoms with Crippen molar-refractivity contribution in [3.8, 4) is 0 Å². The number of nitro groups is 1. The van der Waals surface area contributed by atoms with Crippen LogP contribution in [0.5, 0.6) is 0 Å². The van der Waals surface area contributed by atoms with Gasteiger partial charge in [0.1, 0.15) is 0 Å². The molecule has 0 aromatic heterocycles. The Labute approximate surface area is 86.8 Å². The van der Waals surface area contributed by atoms with Crippen LogP contribution in [0.25, 0.3) is 0 Å². The molecule has 3 rings (SSSR count). The van der Waals surface area contributed by atoms with Crippen LogP contribution in [0, 0.1) is 10.1 Å². The lowest BCUT2D eigenvalue weighted by atomic mass is 9.89. The number of fused-ring (bicyclic) bond motifs is 2. The predicted octanol–water partition coefficient (Wildman–Crippen LogP) is 2.06. The molecule has 0 N–H and O–H groups in total. The molecule has 1 spiro atoms. The second kappa shape index (κ2) is 2.66. The van der Waals surface area contributed by atoms with Gasteiger partial charge in [-0.05, 0) is 18.4 Å². The summed E-state index contributed by atoms with van der Waals surface area (Å²) >= 11 is 0. The van der Waals surface area contributed by atoms with E-state index in [4.69, 9.17) is 0 Å². The number of hydrogen-bond donors (Lipinski definition) is 0. The maximum atomic E-state index is 10.6. The van der Waals surface area contributed by atoms with Crippen LogP contribution in [0.3, 0.4) is 0 Å². The Morgan fingerprint density at radius 3 is 2.87 bits per heavy atom. The van der Waals surface area contributed by atoms with Crippen LogP contribution in [0.1, 0.15) is 24.0 Å². The Kier molecular flexibility index (Phi) is 1.52. The lowest BCUT2D eigenvalue weighted by Gasteiger charge is -2.19. The standard InChI is InChI=1S/C11H10N2O2/c14-13(15)9-1-2-10-8(5-9)6-12-7-11(10)3-4-11/h1-2,5-6H,3-4,7H2. The van der Waals surface area contributed by atoms with Gasteiger partial charge in [-0.1, -0.05) is 6.07 Å². The molecule has 0 radical (unpaired) electrons. The molecule has 1 saturated carbocycles. The number of hydrogen-bond acceptors (Lipinski definition) is 3. The normalized spacial score (nSPS) is 20.0. The summed E-state index contributed by atoms with van der Waals surface area (Å²) in [5.74, 6) is 0. The van der Waals surface area contributed by atoms with Crippen molar-refractivity contribution in [3.63, 3.8) is 0 Å². The third-order valence-corrected chi connectivity index (χ3v) is 3.30. The fraction of sp³-hybridized carbons (Fsp3) is 0.364. The fourth-order valence-corrected chi connectivity index (χ4v) is 2.24. The van der Waals surface area contributed by atoms with E-state index in [2.05, 4.69) is 4.99 Å². The first-order valence-electron chi connectivity index (χ1n) is 5.00. The molecule has 76 valence electrons. The molecule has 1 heterocycles. The number of non-ortho nitro benzene ring substituents is 1. The quantitative estimate of drug-likeness (QED) is 0.517. The van der Waals surface area contributed by atoms with Gasteiger partial charge in [-0.15, -0.1) is 0 Å². The van der Waals surface area contributed by atoms with Crippen LogP contribution >= 0.6 is 0 Å². The fourth-order valence-electron chi connectivity index (χ4n) is 2.24. The average molecular weight is 202 g/mol. The average Bonchev–Trinajstić information content (AvgIpc) is 2.98. The molecule has 4 nitrogen and oxygen atoms in total. The molecule has 1 aromatic rings. The van der Waals surface area contributed by atoms with Crippen LogP contribution in [0.4, 0.5) is 5.69 Å². The van der Waals surface area contributed by atoms with E-state index in [1.165, 1.54) is 5.56 Å². The van der Waals surface area contributed by atoms with Crippen molar-refractivity contribution >= 4 is 11.9 Å². The molecule has 0 atom stereocenters. The van der Waals surface area contributed by atoms with E-state index < -0.39 is 0 Å². The molecule has 1 aliphatic heterocycles. The van der Waals surface area contributed by atoms with Crippen LogP contribution in [-0.2, 0) is 5.41 Å². The molecule has 2 aliphatic rings. The van der Waals surface area contributed by atoms with Gasteiger partial charge in [0.05, 0.1) is 4.92 Å². The zero-order valence-electron chi connectivity index (χ0n) is 8.14. The van der Waals surface area contributed by atoms with E-state index in [1.54, 1.807) is 18.3 Å². The monoisotopic (exact) mass is 202 g/mol. The summed E-state index contributed by atoms with van der Waals surface area (Å²) in [5.41, 5.74) is 2.54. The molecule has 1 aromatic carbocycles. The van der Waals surface area contributed by atoms with Crippen molar-refractivity contribution in [2.24, 2.45) is 4.99 Å². The second-order valence-corrected chi connectivity index (χ2v) is 4.28. The van der Waals surface area contributed by atoms with E-state index in [-0.39, 0.29) is 16.0 Å². The van der Waals surface area contributed by atoms with Crippen molar-refractivity contribution in [3.05, 3.63) is 39.4 Å². The Bertz CT molecular complexity index is 475. The lowest BCUT2D eigenvalue weighted by molar-refractivity contribution is -0.384. The predicted molar refractivity (Wildman–Crippen MR) is 56.5 cm³/mol. The van der Waals surface area contributed by atoms with Crippen molar-refractivity contribution in [2.45, 2.75) is 18.3 Å². The maximum absolute atomic E-state index is 10.6. The zero-order chi connectivity index (χ0) is 10.5. The summed E-state index contributed by atoms with van der Waals surface area (Å²) in [7, 11) is 0. The molecular formula is C11H10N2O2. The van der Waals surface area contributed by atoms with Gasteiger partial charge in [0.15, 0.2) is 0 Å². The minimum Gasteiger partial charge on any atom is -0.292 e. The molecule has 1 aliphatic carbocycles. The Morgan fingerprint density at radius 2 is 2.20 bits per heavy atom. The minimum atomic E-state index is -0.359. The summed E-state index contributed by atoms with van der Waals surface area (Å²) in [4.78, 5) is 14.6. The van der Waals surface area contributed by atoms with Crippen molar-refractivity contribution in [1.82, 2.24) is 0 Å². The molecule has 0 amide bonds. The SMILES string of the molecule is O=[N+]([O-])c1ccc2c(c1)C=NCC21CC1. The number of nitro benzene ring substituents is 1.